The van der Waals surface area contributed by atoms with Crippen molar-refractivity contribution in [1.29, 1.82) is 0 Å². The summed E-state index contributed by atoms with van der Waals surface area (Å²) in [7, 11) is 0. The van der Waals surface area contributed by atoms with Crippen LogP contribution in [0.2, 0.25) is 0 Å². The van der Waals surface area contributed by atoms with Gasteiger partial charge >= 0.3 is 0 Å². The van der Waals surface area contributed by atoms with Gasteiger partial charge in [0.25, 0.3) is 0 Å². The van der Waals surface area contributed by atoms with Crippen LogP contribution in [0.4, 0.5) is 17.1 Å². The third-order valence-electron chi connectivity index (χ3n) is 10.1. The lowest BCUT2D eigenvalue weighted by atomic mass is 9.95. The topological polar surface area (TPSA) is 8.17 Å². The number of hydrogen-bond acceptors (Lipinski definition) is 1. The van der Waals surface area contributed by atoms with Gasteiger partial charge in [0.15, 0.2) is 0 Å². The molecule has 2 heteroatoms. The average molecular weight is 637 g/mol. The minimum Gasteiger partial charge on any atom is -0.309 e. The first-order valence-electron chi connectivity index (χ1n) is 17.2. The van der Waals surface area contributed by atoms with Gasteiger partial charge < -0.3 is 9.47 Å². The van der Waals surface area contributed by atoms with Crippen LogP contribution in [0.3, 0.4) is 0 Å². The highest BCUT2D eigenvalue weighted by atomic mass is 15.1. The van der Waals surface area contributed by atoms with Gasteiger partial charge in [0, 0.05) is 27.5 Å². The molecule has 1 heterocycles. The lowest BCUT2D eigenvalue weighted by molar-refractivity contribution is 1.18. The summed E-state index contributed by atoms with van der Waals surface area (Å²) >= 11 is 0. The van der Waals surface area contributed by atoms with E-state index in [-0.39, 0.29) is 0 Å². The summed E-state index contributed by atoms with van der Waals surface area (Å²) in [6.07, 6.45) is 0. The summed E-state index contributed by atoms with van der Waals surface area (Å²) in [5.74, 6) is 0. The molecule has 0 aliphatic heterocycles. The molecule has 9 aromatic carbocycles. The largest absolute Gasteiger partial charge is 0.309 e. The average Bonchev–Trinajstić information content (AvgIpc) is 3.54. The zero-order chi connectivity index (χ0) is 33.0. The molecule has 0 spiro atoms. The molecule has 0 saturated carbocycles. The van der Waals surface area contributed by atoms with Crippen molar-refractivity contribution in [2.24, 2.45) is 0 Å². The van der Waals surface area contributed by atoms with Crippen molar-refractivity contribution in [3.8, 4) is 16.8 Å². The van der Waals surface area contributed by atoms with E-state index in [2.05, 4.69) is 204 Å². The molecule has 0 atom stereocenters. The fourth-order valence-electron chi connectivity index (χ4n) is 7.94. The molecule has 0 amide bonds. The summed E-state index contributed by atoms with van der Waals surface area (Å²) in [6, 6.07) is 70.5. The zero-order valence-corrected chi connectivity index (χ0v) is 27.4. The van der Waals surface area contributed by atoms with Crippen LogP contribution in [0.15, 0.2) is 194 Å². The molecule has 0 saturated heterocycles. The van der Waals surface area contributed by atoms with E-state index in [0.717, 1.165) is 22.7 Å². The molecule has 0 aliphatic carbocycles. The third kappa shape index (κ3) is 4.43. The number of aromatic nitrogens is 1. The predicted molar refractivity (Wildman–Crippen MR) is 213 cm³/mol. The van der Waals surface area contributed by atoms with Crippen molar-refractivity contribution >= 4 is 71.2 Å². The molecule has 50 heavy (non-hydrogen) atoms. The Morgan fingerprint density at radius 2 is 0.920 bits per heavy atom. The van der Waals surface area contributed by atoms with Crippen molar-refractivity contribution in [2.45, 2.75) is 0 Å². The minimum absolute atomic E-state index is 1.11. The summed E-state index contributed by atoms with van der Waals surface area (Å²) < 4.78 is 2.40. The van der Waals surface area contributed by atoms with Crippen LogP contribution in [-0.4, -0.2) is 4.57 Å². The van der Waals surface area contributed by atoms with Gasteiger partial charge in [-0.15, -0.1) is 0 Å². The number of fused-ring (bicyclic) bond motifs is 8. The van der Waals surface area contributed by atoms with Crippen molar-refractivity contribution in [1.82, 2.24) is 4.57 Å². The van der Waals surface area contributed by atoms with Crippen LogP contribution in [0.1, 0.15) is 0 Å². The maximum absolute atomic E-state index is 2.48. The van der Waals surface area contributed by atoms with E-state index in [1.54, 1.807) is 0 Å². The van der Waals surface area contributed by atoms with Crippen molar-refractivity contribution < 1.29 is 0 Å². The van der Waals surface area contributed by atoms with Gasteiger partial charge in [0.1, 0.15) is 0 Å². The Labute approximate surface area is 290 Å². The van der Waals surface area contributed by atoms with Crippen molar-refractivity contribution in [2.75, 3.05) is 4.90 Å². The Kier molecular flexibility index (Phi) is 6.53. The van der Waals surface area contributed by atoms with E-state index in [0.29, 0.717) is 0 Å². The highest BCUT2D eigenvalue weighted by molar-refractivity contribution is 6.21. The first-order chi connectivity index (χ1) is 24.8. The van der Waals surface area contributed by atoms with E-state index in [1.807, 2.05) is 0 Å². The summed E-state index contributed by atoms with van der Waals surface area (Å²) in [5, 5.41) is 9.99. The van der Waals surface area contributed by atoms with Gasteiger partial charge in [-0.3, -0.25) is 0 Å². The summed E-state index contributed by atoms with van der Waals surface area (Å²) in [4.78, 5) is 2.48. The van der Waals surface area contributed by atoms with Crippen LogP contribution < -0.4 is 4.90 Å². The highest BCUT2D eigenvalue weighted by Crippen LogP contribution is 2.47. The molecule has 0 bridgehead atoms. The fraction of sp³-hybridized carbons (Fsp3) is 0. The van der Waals surface area contributed by atoms with Gasteiger partial charge in [-0.25, -0.2) is 0 Å². The van der Waals surface area contributed by atoms with Gasteiger partial charge in [-0.1, -0.05) is 146 Å². The molecule has 234 valence electrons. The molecule has 0 fully saturated rings. The van der Waals surface area contributed by atoms with Crippen LogP contribution in [0, 0.1) is 0 Å². The Morgan fingerprint density at radius 3 is 1.80 bits per heavy atom. The maximum Gasteiger partial charge on any atom is 0.0562 e. The van der Waals surface area contributed by atoms with E-state index in [1.165, 1.54) is 65.3 Å². The molecule has 1 aromatic heterocycles. The second kappa shape index (κ2) is 11.5. The second-order valence-electron chi connectivity index (χ2n) is 12.9. The van der Waals surface area contributed by atoms with Crippen LogP contribution in [0.5, 0.6) is 0 Å². The lowest BCUT2D eigenvalue weighted by Crippen LogP contribution is -2.11. The number of nitrogens with zero attached hydrogens (tertiary/aromatic N) is 2. The van der Waals surface area contributed by atoms with E-state index in [9.17, 15) is 0 Å². The Morgan fingerprint density at radius 1 is 0.340 bits per heavy atom. The van der Waals surface area contributed by atoms with E-state index in [4.69, 9.17) is 0 Å². The van der Waals surface area contributed by atoms with Crippen LogP contribution >= 0.6 is 0 Å². The van der Waals surface area contributed by atoms with Gasteiger partial charge in [0.05, 0.1) is 22.4 Å². The standard InChI is InChI=1S/C48H32N2/c1-3-14-33(15-4-1)35-17-11-20-37(32-35)50(44-25-12-23-39-41-29-28-34-16-7-8-21-38(34)40(41)30-31-42(39)44)47-27-13-26-46-48(47)43-22-9-10-24-45(43)49(46)36-18-5-2-6-19-36/h1-32H. The SMILES string of the molecule is c1ccc(-c2cccc(N(c3cccc4c3ccc3c5ccccc5ccc43)c3cccc4c3c3ccccc3n4-c3ccccc3)c2)cc1. The molecule has 0 N–H and O–H groups in total. The normalized spacial score (nSPS) is 11.6. The quantitative estimate of drug-likeness (QED) is 0.171. The first-order valence-corrected chi connectivity index (χ1v) is 17.2. The Balaban J connectivity index is 1.30. The molecule has 10 aromatic rings. The van der Waals surface area contributed by atoms with Crippen LogP contribution in [0.25, 0.3) is 70.9 Å². The third-order valence-corrected chi connectivity index (χ3v) is 10.1. The number of anilines is 3. The van der Waals surface area contributed by atoms with Crippen LogP contribution in [-0.2, 0) is 0 Å². The van der Waals surface area contributed by atoms with Gasteiger partial charge in [-0.2, -0.15) is 0 Å². The molecular formula is C48H32N2. The molecule has 0 radical (unpaired) electrons. The second-order valence-corrected chi connectivity index (χ2v) is 12.9. The van der Waals surface area contributed by atoms with E-state index >= 15 is 0 Å². The molecule has 0 aliphatic rings. The summed E-state index contributed by atoms with van der Waals surface area (Å²) in [5.41, 5.74) is 9.30. The minimum atomic E-state index is 1.11. The van der Waals surface area contributed by atoms with E-state index < -0.39 is 0 Å². The Hall–Kier alpha value is -6.64. The van der Waals surface area contributed by atoms with Gasteiger partial charge in [-0.05, 0) is 86.6 Å². The summed E-state index contributed by atoms with van der Waals surface area (Å²) in [6.45, 7) is 0. The lowest BCUT2D eigenvalue weighted by Gasteiger charge is -2.28. The monoisotopic (exact) mass is 636 g/mol. The molecule has 0 unspecified atom stereocenters. The fourth-order valence-corrected chi connectivity index (χ4v) is 7.94. The molecule has 10 rings (SSSR count). The first kappa shape index (κ1) is 28.4. The number of para-hydroxylation sites is 2. The maximum atomic E-state index is 2.48. The number of rotatable bonds is 5. The van der Waals surface area contributed by atoms with Crippen molar-refractivity contribution in [3.63, 3.8) is 0 Å². The predicted octanol–water partition coefficient (Wildman–Crippen LogP) is 13.4. The van der Waals surface area contributed by atoms with Gasteiger partial charge in [0.2, 0.25) is 0 Å². The zero-order valence-electron chi connectivity index (χ0n) is 27.4. The smallest absolute Gasteiger partial charge is 0.0562 e. The molecular weight excluding hydrogens is 605 g/mol. The number of benzene rings is 9. The Bertz CT molecular complexity index is 2870. The molecule has 2 nitrogen and oxygen atoms in total. The highest BCUT2D eigenvalue weighted by Gasteiger charge is 2.23. The number of hydrogen-bond donors (Lipinski definition) is 0. The van der Waals surface area contributed by atoms with Crippen molar-refractivity contribution in [3.05, 3.63) is 194 Å².